The molecule has 0 aromatic heterocycles. The van der Waals surface area contributed by atoms with Crippen molar-refractivity contribution in [2.75, 3.05) is 33.9 Å². The van der Waals surface area contributed by atoms with Crippen molar-refractivity contribution in [1.29, 1.82) is 0 Å². The third-order valence-corrected chi connectivity index (χ3v) is 2.62. The molecule has 0 aliphatic carbocycles. The minimum absolute atomic E-state index is 0.103. The van der Waals surface area contributed by atoms with E-state index in [4.69, 9.17) is 0 Å². The Kier molecular flexibility index (Phi) is 4.55. The third-order valence-electron chi connectivity index (χ3n) is 2.62. The van der Waals surface area contributed by atoms with Crippen LogP contribution in [0.15, 0.2) is 0 Å². The first-order chi connectivity index (χ1) is 7.17. The molecule has 5 nitrogen and oxygen atoms in total. The molecule has 0 N–H and O–H groups in total. The van der Waals surface area contributed by atoms with Gasteiger partial charge in [0.25, 0.3) is 0 Å². The molecular formula is C10H17NO4. The summed E-state index contributed by atoms with van der Waals surface area (Å²) in [6.45, 7) is 1.67. The Bertz CT molecular complexity index is 242. The van der Waals surface area contributed by atoms with Crippen LogP contribution in [0.4, 0.5) is 0 Å². The topological polar surface area (TPSA) is 55.8 Å². The van der Waals surface area contributed by atoms with E-state index in [-0.39, 0.29) is 24.4 Å². The summed E-state index contributed by atoms with van der Waals surface area (Å²) in [4.78, 5) is 24.3. The van der Waals surface area contributed by atoms with E-state index in [0.717, 1.165) is 19.4 Å². The van der Waals surface area contributed by atoms with Gasteiger partial charge in [0.2, 0.25) is 0 Å². The lowest BCUT2D eigenvalue weighted by Gasteiger charge is -2.30. The monoisotopic (exact) mass is 215 g/mol. The van der Waals surface area contributed by atoms with Crippen molar-refractivity contribution < 1.29 is 19.1 Å². The van der Waals surface area contributed by atoms with Crippen molar-refractivity contribution in [2.45, 2.75) is 12.8 Å². The van der Waals surface area contributed by atoms with Gasteiger partial charge in [0, 0.05) is 6.54 Å². The molecule has 0 saturated carbocycles. The van der Waals surface area contributed by atoms with Crippen LogP contribution in [0, 0.1) is 5.92 Å². The lowest BCUT2D eigenvalue weighted by molar-refractivity contribution is -0.149. The van der Waals surface area contributed by atoms with Gasteiger partial charge in [-0.15, -0.1) is 0 Å². The van der Waals surface area contributed by atoms with Gasteiger partial charge in [-0.25, -0.2) is 0 Å². The largest absolute Gasteiger partial charge is 0.469 e. The number of methoxy groups -OCH3 is 2. The molecule has 0 aromatic carbocycles. The molecule has 1 atom stereocenters. The molecular weight excluding hydrogens is 198 g/mol. The lowest BCUT2D eigenvalue weighted by atomic mass is 9.98. The first kappa shape index (κ1) is 12.0. The van der Waals surface area contributed by atoms with Crippen LogP contribution in [0.3, 0.4) is 0 Å². The third kappa shape index (κ3) is 3.51. The molecule has 0 bridgehead atoms. The summed E-state index contributed by atoms with van der Waals surface area (Å²) in [7, 11) is 2.76. The highest BCUT2D eigenvalue weighted by Crippen LogP contribution is 2.17. The van der Waals surface area contributed by atoms with E-state index < -0.39 is 0 Å². The minimum Gasteiger partial charge on any atom is -0.469 e. The molecule has 1 heterocycles. The molecule has 1 saturated heterocycles. The van der Waals surface area contributed by atoms with Crippen LogP contribution >= 0.6 is 0 Å². The van der Waals surface area contributed by atoms with Crippen molar-refractivity contribution >= 4 is 11.9 Å². The average molecular weight is 215 g/mol. The molecule has 5 heteroatoms. The average Bonchev–Trinajstić information content (AvgIpc) is 2.28. The molecule has 1 aliphatic heterocycles. The number of esters is 2. The number of carbonyl (C=O) groups excluding carboxylic acids is 2. The smallest absolute Gasteiger partial charge is 0.319 e. The summed E-state index contributed by atoms with van der Waals surface area (Å²) >= 11 is 0. The van der Waals surface area contributed by atoms with Crippen LogP contribution in [-0.4, -0.2) is 50.7 Å². The Hall–Kier alpha value is -1.10. The molecule has 0 spiro atoms. The second kappa shape index (κ2) is 5.70. The van der Waals surface area contributed by atoms with Gasteiger partial charge in [-0.2, -0.15) is 0 Å². The van der Waals surface area contributed by atoms with Crippen LogP contribution < -0.4 is 0 Å². The molecule has 1 rings (SSSR count). The molecule has 1 aliphatic rings. The zero-order valence-corrected chi connectivity index (χ0v) is 9.19. The second-order valence-corrected chi connectivity index (χ2v) is 3.67. The number of nitrogens with zero attached hydrogens (tertiary/aromatic N) is 1. The highest BCUT2D eigenvalue weighted by Gasteiger charge is 2.27. The Morgan fingerprint density at radius 3 is 2.67 bits per heavy atom. The molecule has 0 radical (unpaired) electrons. The fraction of sp³-hybridized carbons (Fsp3) is 0.800. The summed E-state index contributed by atoms with van der Waals surface area (Å²) in [5.74, 6) is -0.557. The van der Waals surface area contributed by atoms with E-state index in [9.17, 15) is 9.59 Å². The van der Waals surface area contributed by atoms with Crippen molar-refractivity contribution in [3.05, 3.63) is 0 Å². The van der Waals surface area contributed by atoms with Gasteiger partial charge in [0.05, 0.1) is 26.7 Å². The Morgan fingerprint density at radius 2 is 2.07 bits per heavy atom. The van der Waals surface area contributed by atoms with Gasteiger partial charge in [0.1, 0.15) is 0 Å². The SMILES string of the molecule is COC(=O)CN1CCC[C@H](C(=O)OC)C1. The van der Waals surface area contributed by atoms with E-state index in [1.54, 1.807) is 0 Å². The first-order valence-electron chi connectivity index (χ1n) is 5.04. The van der Waals surface area contributed by atoms with Crippen LogP contribution in [0.25, 0.3) is 0 Å². The maximum Gasteiger partial charge on any atom is 0.319 e. The number of carbonyl (C=O) groups is 2. The number of likely N-dealkylation sites (tertiary alicyclic amines) is 1. The van der Waals surface area contributed by atoms with Gasteiger partial charge in [-0.3, -0.25) is 14.5 Å². The van der Waals surface area contributed by atoms with E-state index in [1.807, 2.05) is 4.90 Å². The van der Waals surface area contributed by atoms with Crippen LogP contribution in [0.5, 0.6) is 0 Å². The molecule has 15 heavy (non-hydrogen) atoms. The van der Waals surface area contributed by atoms with Crippen molar-refractivity contribution in [2.24, 2.45) is 5.92 Å². The highest BCUT2D eigenvalue weighted by molar-refractivity contribution is 5.73. The minimum atomic E-state index is -0.263. The summed E-state index contributed by atoms with van der Waals surface area (Å²) in [5, 5.41) is 0. The summed E-state index contributed by atoms with van der Waals surface area (Å²) < 4.78 is 9.27. The van der Waals surface area contributed by atoms with Crippen molar-refractivity contribution in [3.8, 4) is 0 Å². The van der Waals surface area contributed by atoms with Gasteiger partial charge in [0.15, 0.2) is 0 Å². The van der Waals surface area contributed by atoms with E-state index in [0.29, 0.717) is 6.54 Å². The Morgan fingerprint density at radius 1 is 1.33 bits per heavy atom. The van der Waals surface area contributed by atoms with E-state index in [1.165, 1.54) is 14.2 Å². The quantitative estimate of drug-likeness (QED) is 0.622. The first-order valence-corrected chi connectivity index (χ1v) is 5.04. The number of rotatable bonds is 3. The van der Waals surface area contributed by atoms with E-state index >= 15 is 0 Å². The normalized spacial score (nSPS) is 22.1. The van der Waals surface area contributed by atoms with Crippen LogP contribution in [-0.2, 0) is 19.1 Å². The maximum atomic E-state index is 11.3. The Labute approximate surface area is 89.3 Å². The fourth-order valence-corrected chi connectivity index (χ4v) is 1.81. The maximum absolute atomic E-state index is 11.3. The predicted octanol–water partition coefficient (Wildman–Crippen LogP) is 0.0444. The Balaban J connectivity index is 2.42. The number of hydrogen-bond acceptors (Lipinski definition) is 5. The standard InChI is InChI=1S/C10H17NO4/c1-14-9(12)7-11-5-3-4-8(6-11)10(13)15-2/h8H,3-7H2,1-2H3/t8-/m0/s1. The number of hydrogen-bond donors (Lipinski definition) is 0. The zero-order chi connectivity index (χ0) is 11.3. The summed E-state index contributed by atoms with van der Waals surface area (Å²) in [6.07, 6.45) is 1.75. The summed E-state index contributed by atoms with van der Waals surface area (Å²) in [5.41, 5.74) is 0. The predicted molar refractivity (Wildman–Crippen MR) is 53.2 cm³/mol. The highest BCUT2D eigenvalue weighted by atomic mass is 16.5. The van der Waals surface area contributed by atoms with Crippen molar-refractivity contribution in [1.82, 2.24) is 4.90 Å². The molecule has 0 unspecified atom stereocenters. The lowest BCUT2D eigenvalue weighted by Crippen LogP contribution is -2.41. The van der Waals surface area contributed by atoms with E-state index in [2.05, 4.69) is 9.47 Å². The molecule has 1 fully saturated rings. The molecule has 86 valence electrons. The second-order valence-electron chi connectivity index (χ2n) is 3.67. The van der Waals surface area contributed by atoms with Gasteiger partial charge < -0.3 is 9.47 Å². The zero-order valence-electron chi connectivity index (χ0n) is 9.19. The number of piperidine rings is 1. The van der Waals surface area contributed by atoms with Gasteiger partial charge in [-0.1, -0.05) is 0 Å². The molecule has 0 aromatic rings. The van der Waals surface area contributed by atoms with Crippen molar-refractivity contribution in [3.63, 3.8) is 0 Å². The fourth-order valence-electron chi connectivity index (χ4n) is 1.81. The van der Waals surface area contributed by atoms with Crippen LogP contribution in [0.1, 0.15) is 12.8 Å². The number of ether oxygens (including phenoxy) is 2. The van der Waals surface area contributed by atoms with Gasteiger partial charge in [-0.05, 0) is 19.4 Å². The van der Waals surface area contributed by atoms with Crippen LogP contribution in [0.2, 0.25) is 0 Å². The molecule has 0 amide bonds. The summed E-state index contributed by atoms with van der Waals surface area (Å²) in [6, 6.07) is 0. The van der Waals surface area contributed by atoms with Gasteiger partial charge >= 0.3 is 11.9 Å².